The zero-order chi connectivity index (χ0) is 12.4. The van der Waals surface area contributed by atoms with E-state index in [9.17, 15) is 0 Å². The van der Waals surface area contributed by atoms with Crippen LogP contribution in [0.15, 0.2) is 42.5 Å². The molecule has 0 bridgehead atoms. The summed E-state index contributed by atoms with van der Waals surface area (Å²) in [4.78, 5) is 0. The average Bonchev–Trinajstić information content (AvgIpc) is 2.87. The third kappa shape index (κ3) is 2.14. The van der Waals surface area contributed by atoms with Crippen molar-refractivity contribution in [3.63, 3.8) is 0 Å². The van der Waals surface area contributed by atoms with Gasteiger partial charge in [0.2, 0.25) is 0 Å². The molecule has 0 aliphatic carbocycles. The largest absolute Gasteiger partial charge is 0.382 e. The summed E-state index contributed by atoms with van der Waals surface area (Å²) in [6.07, 6.45) is 2.64. The number of methoxy groups -OCH3 is 1. The summed E-state index contributed by atoms with van der Waals surface area (Å²) in [7, 11) is 1.73. The van der Waals surface area contributed by atoms with Crippen LogP contribution in [-0.4, -0.2) is 19.8 Å². The van der Waals surface area contributed by atoms with Crippen LogP contribution in [0, 0.1) is 0 Å². The average molecular weight is 242 g/mol. The molecule has 2 aromatic carbocycles. The second kappa shape index (κ2) is 5.09. The summed E-state index contributed by atoms with van der Waals surface area (Å²) in [5, 5.41) is 2.59. The SMILES string of the molecule is COCC1CCC(c2cccc3ccccc23)O1. The van der Waals surface area contributed by atoms with Crippen LogP contribution in [0.3, 0.4) is 0 Å². The molecule has 1 aliphatic rings. The Bertz CT molecular complexity index is 530. The van der Waals surface area contributed by atoms with Crippen molar-refractivity contribution in [2.75, 3.05) is 13.7 Å². The van der Waals surface area contributed by atoms with Gasteiger partial charge in [-0.25, -0.2) is 0 Å². The summed E-state index contributed by atoms with van der Waals surface area (Å²) < 4.78 is 11.2. The molecule has 0 aromatic heterocycles. The Labute approximate surface area is 108 Å². The molecular formula is C16H18O2. The molecule has 1 fully saturated rings. The van der Waals surface area contributed by atoms with Gasteiger partial charge in [0.15, 0.2) is 0 Å². The van der Waals surface area contributed by atoms with Crippen LogP contribution >= 0.6 is 0 Å². The van der Waals surface area contributed by atoms with E-state index < -0.39 is 0 Å². The van der Waals surface area contributed by atoms with Crippen LogP contribution in [-0.2, 0) is 9.47 Å². The highest BCUT2D eigenvalue weighted by atomic mass is 16.5. The molecule has 18 heavy (non-hydrogen) atoms. The lowest BCUT2D eigenvalue weighted by atomic mass is 9.99. The first kappa shape index (κ1) is 11.7. The normalized spacial score (nSPS) is 23.6. The van der Waals surface area contributed by atoms with Crippen LogP contribution < -0.4 is 0 Å². The van der Waals surface area contributed by atoms with Gasteiger partial charge < -0.3 is 9.47 Å². The summed E-state index contributed by atoms with van der Waals surface area (Å²) >= 11 is 0. The van der Waals surface area contributed by atoms with Crippen molar-refractivity contribution >= 4 is 10.8 Å². The fourth-order valence-corrected chi connectivity index (χ4v) is 2.77. The Morgan fingerprint density at radius 2 is 1.94 bits per heavy atom. The van der Waals surface area contributed by atoms with Crippen molar-refractivity contribution in [3.05, 3.63) is 48.0 Å². The lowest BCUT2D eigenvalue weighted by Crippen LogP contribution is -2.13. The molecular weight excluding hydrogens is 224 g/mol. The maximum atomic E-state index is 6.07. The molecule has 3 rings (SSSR count). The highest BCUT2D eigenvalue weighted by Gasteiger charge is 2.27. The van der Waals surface area contributed by atoms with Gasteiger partial charge in [-0.05, 0) is 29.2 Å². The molecule has 0 amide bonds. The molecule has 1 aliphatic heterocycles. The monoisotopic (exact) mass is 242 g/mol. The van der Waals surface area contributed by atoms with E-state index >= 15 is 0 Å². The number of benzene rings is 2. The number of ether oxygens (including phenoxy) is 2. The topological polar surface area (TPSA) is 18.5 Å². The number of rotatable bonds is 3. The Hall–Kier alpha value is -1.38. The predicted octanol–water partition coefficient (Wildman–Crippen LogP) is 3.71. The molecule has 2 heteroatoms. The van der Waals surface area contributed by atoms with E-state index in [1.165, 1.54) is 16.3 Å². The molecule has 1 saturated heterocycles. The van der Waals surface area contributed by atoms with Crippen molar-refractivity contribution in [1.82, 2.24) is 0 Å². The fraction of sp³-hybridized carbons (Fsp3) is 0.375. The first-order valence-corrected chi connectivity index (χ1v) is 6.50. The first-order chi connectivity index (χ1) is 8.88. The smallest absolute Gasteiger partial charge is 0.0836 e. The molecule has 0 radical (unpaired) electrons. The highest BCUT2D eigenvalue weighted by molar-refractivity contribution is 5.86. The summed E-state index contributed by atoms with van der Waals surface area (Å²) in [5.41, 5.74) is 1.31. The summed E-state index contributed by atoms with van der Waals surface area (Å²) in [6, 6.07) is 15.0. The van der Waals surface area contributed by atoms with Crippen molar-refractivity contribution in [1.29, 1.82) is 0 Å². The molecule has 0 spiro atoms. The molecule has 0 saturated carbocycles. The maximum absolute atomic E-state index is 6.07. The van der Waals surface area contributed by atoms with Crippen LogP contribution in [0.1, 0.15) is 24.5 Å². The van der Waals surface area contributed by atoms with Gasteiger partial charge >= 0.3 is 0 Å². The summed E-state index contributed by atoms with van der Waals surface area (Å²) in [5.74, 6) is 0. The molecule has 0 N–H and O–H groups in total. The van der Waals surface area contributed by atoms with Crippen molar-refractivity contribution < 1.29 is 9.47 Å². The van der Waals surface area contributed by atoms with Gasteiger partial charge in [0.1, 0.15) is 0 Å². The highest BCUT2D eigenvalue weighted by Crippen LogP contribution is 2.36. The number of hydrogen-bond acceptors (Lipinski definition) is 2. The van der Waals surface area contributed by atoms with E-state index in [1.807, 2.05) is 0 Å². The maximum Gasteiger partial charge on any atom is 0.0836 e. The van der Waals surface area contributed by atoms with Crippen molar-refractivity contribution in [3.8, 4) is 0 Å². The Balaban J connectivity index is 1.91. The minimum absolute atomic E-state index is 0.219. The van der Waals surface area contributed by atoms with Gasteiger partial charge in [-0.2, -0.15) is 0 Å². The lowest BCUT2D eigenvalue weighted by Gasteiger charge is -2.15. The van der Waals surface area contributed by atoms with Gasteiger partial charge in [-0.1, -0.05) is 42.5 Å². The van der Waals surface area contributed by atoms with Crippen LogP contribution in [0.5, 0.6) is 0 Å². The predicted molar refractivity (Wildman–Crippen MR) is 72.7 cm³/mol. The van der Waals surface area contributed by atoms with Gasteiger partial charge in [0, 0.05) is 7.11 Å². The van der Waals surface area contributed by atoms with Gasteiger partial charge in [0.05, 0.1) is 18.8 Å². The Morgan fingerprint density at radius 3 is 2.83 bits per heavy atom. The van der Waals surface area contributed by atoms with E-state index in [2.05, 4.69) is 42.5 Å². The molecule has 1 heterocycles. The van der Waals surface area contributed by atoms with Crippen molar-refractivity contribution in [2.45, 2.75) is 25.0 Å². The lowest BCUT2D eigenvalue weighted by molar-refractivity contribution is -0.00169. The van der Waals surface area contributed by atoms with E-state index in [4.69, 9.17) is 9.47 Å². The standard InChI is InChI=1S/C16H18O2/c1-17-11-13-9-10-16(18-13)15-8-4-6-12-5-2-3-7-14(12)15/h2-8,13,16H,9-11H2,1H3. The number of hydrogen-bond donors (Lipinski definition) is 0. The molecule has 2 atom stereocenters. The van der Waals surface area contributed by atoms with Crippen LogP contribution in [0.4, 0.5) is 0 Å². The number of fused-ring (bicyclic) bond motifs is 1. The minimum Gasteiger partial charge on any atom is -0.382 e. The molecule has 2 unspecified atom stereocenters. The van der Waals surface area contributed by atoms with E-state index in [0.717, 1.165) is 12.8 Å². The van der Waals surface area contributed by atoms with Crippen LogP contribution in [0.2, 0.25) is 0 Å². The van der Waals surface area contributed by atoms with Gasteiger partial charge in [-0.15, -0.1) is 0 Å². The quantitative estimate of drug-likeness (QED) is 0.817. The van der Waals surface area contributed by atoms with Crippen molar-refractivity contribution in [2.24, 2.45) is 0 Å². The van der Waals surface area contributed by atoms with E-state index in [1.54, 1.807) is 7.11 Å². The third-order valence-electron chi connectivity index (χ3n) is 3.63. The Morgan fingerprint density at radius 1 is 1.11 bits per heavy atom. The molecule has 94 valence electrons. The Kier molecular flexibility index (Phi) is 3.31. The van der Waals surface area contributed by atoms with Gasteiger partial charge in [0.25, 0.3) is 0 Å². The first-order valence-electron chi connectivity index (χ1n) is 6.50. The van der Waals surface area contributed by atoms with E-state index in [0.29, 0.717) is 6.61 Å². The molecule has 2 aromatic rings. The van der Waals surface area contributed by atoms with Crippen LogP contribution in [0.25, 0.3) is 10.8 Å². The zero-order valence-corrected chi connectivity index (χ0v) is 10.6. The molecule has 2 nitrogen and oxygen atoms in total. The second-order valence-corrected chi connectivity index (χ2v) is 4.85. The second-order valence-electron chi connectivity index (χ2n) is 4.85. The third-order valence-corrected chi connectivity index (χ3v) is 3.63. The van der Waals surface area contributed by atoms with Gasteiger partial charge in [-0.3, -0.25) is 0 Å². The fourth-order valence-electron chi connectivity index (χ4n) is 2.77. The van der Waals surface area contributed by atoms with E-state index in [-0.39, 0.29) is 12.2 Å². The summed E-state index contributed by atoms with van der Waals surface area (Å²) in [6.45, 7) is 0.696. The zero-order valence-electron chi connectivity index (χ0n) is 10.6. The minimum atomic E-state index is 0.219.